The fourth-order valence-corrected chi connectivity index (χ4v) is 5.90. The molecular weight excluding hydrogens is 422 g/mol. The number of sulfonamides is 1. The third-order valence-corrected chi connectivity index (χ3v) is 8.01. The van der Waals surface area contributed by atoms with E-state index in [4.69, 9.17) is 11.6 Å². The zero-order valence-corrected chi connectivity index (χ0v) is 18.4. The number of hydrogen-bond donors (Lipinski definition) is 0. The van der Waals surface area contributed by atoms with Gasteiger partial charge in [-0.1, -0.05) is 36.2 Å². The fourth-order valence-electron chi connectivity index (χ4n) is 4.09. The Morgan fingerprint density at radius 3 is 2.23 bits per heavy atom. The van der Waals surface area contributed by atoms with Crippen molar-refractivity contribution in [2.75, 3.05) is 44.2 Å². The average Bonchev–Trinajstić information content (AvgIpc) is 2.80. The number of carbonyl (C=O) groups is 1. The molecule has 0 N–H and O–H groups in total. The van der Waals surface area contributed by atoms with Gasteiger partial charge in [0.1, 0.15) is 0 Å². The first kappa shape index (κ1) is 21.2. The van der Waals surface area contributed by atoms with Crippen LogP contribution in [0.4, 0.5) is 5.69 Å². The topological polar surface area (TPSA) is 60.9 Å². The summed E-state index contributed by atoms with van der Waals surface area (Å²) in [4.78, 5) is 17.2. The molecule has 4 rings (SSSR count). The maximum atomic E-state index is 13.0. The largest absolute Gasteiger partial charge is 0.367 e. The van der Waals surface area contributed by atoms with E-state index in [-0.39, 0.29) is 10.8 Å². The van der Waals surface area contributed by atoms with Crippen LogP contribution >= 0.6 is 11.6 Å². The molecule has 6 nitrogen and oxygen atoms in total. The molecule has 2 aliphatic heterocycles. The van der Waals surface area contributed by atoms with Crippen LogP contribution in [-0.2, 0) is 10.0 Å². The second kappa shape index (κ2) is 8.96. The highest BCUT2D eigenvalue weighted by molar-refractivity contribution is 7.89. The van der Waals surface area contributed by atoms with Crippen LogP contribution < -0.4 is 4.90 Å². The fraction of sp³-hybridized carbons (Fsp3) is 0.409. The lowest BCUT2D eigenvalue weighted by Gasteiger charge is -2.36. The van der Waals surface area contributed by atoms with Gasteiger partial charge in [0, 0.05) is 44.8 Å². The molecule has 2 saturated heterocycles. The average molecular weight is 448 g/mol. The minimum absolute atomic E-state index is 0.135. The minimum Gasteiger partial charge on any atom is -0.367 e. The Morgan fingerprint density at radius 1 is 0.833 bits per heavy atom. The lowest BCUT2D eigenvalue weighted by atomic mass is 10.1. The summed E-state index contributed by atoms with van der Waals surface area (Å²) in [5.41, 5.74) is 1.39. The molecule has 8 heteroatoms. The van der Waals surface area contributed by atoms with Crippen molar-refractivity contribution >= 4 is 33.2 Å². The quantitative estimate of drug-likeness (QED) is 0.720. The Hall–Kier alpha value is -2.09. The van der Waals surface area contributed by atoms with E-state index in [1.165, 1.54) is 10.4 Å². The van der Waals surface area contributed by atoms with E-state index in [2.05, 4.69) is 4.90 Å². The Morgan fingerprint density at radius 2 is 1.53 bits per heavy atom. The number of piperazine rings is 1. The molecule has 2 aromatic rings. The molecule has 2 fully saturated rings. The van der Waals surface area contributed by atoms with E-state index in [0.29, 0.717) is 49.9 Å². The van der Waals surface area contributed by atoms with Gasteiger partial charge in [0.2, 0.25) is 10.0 Å². The highest BCUT2D eigenvalue weighted by atomic mass is 35.5. The third kappa shape index (κ3) is 4.33. The Kier molecular flexibility index (Phi) is 6.32. The first-order valence-electron chi connectivity index (χ1n) is 10.4. The molecule has 0 radical (unpaired) electrons. The van der Waals surface area contributed by atoms with Gasteiger partial charge < -0.3 is 9.80 Å². The maximum Gasteiger partial charge on any atom is 0.254 e. The van der Waals surface area contributed by atoms with Gasteiger partial charge in [-0.05, 0) is 43.2 Å². The Bertz CT molecular complexity index is 1010. The van der Waals surface area contributed by atoms with E-state index < -0.39 is 10.0 Å². The molecule has 2 heterocycles. The standard InChI is InChI=1S/C22H26ClN3O3S/c23-20-9-2-3-10-21(20)24-13-15-25(16-14-24)22(27)18-7-6-8-19(17-18)30(28,29)26-11-4-1-5-12-26/h2-3,6-10,17H,1,4-5,11-16H2. The SMILES string of the molecule is O=C(c1cccc(S(=O)(=O)N2CCCCC2)c1)N1CCN(c2ccccc2Cl)CC1. The molecule has 0 unspecified atom stereocenters. The number of hydrogen-bond acceptors (Lipinski definition) is 4. The van der Waals surface area contributed by atoms with Crippen LogP contribution in [0.1, 0.15) is 29.6 Å². The maximum absolute atomic E-state index is 13.0. The first-order chi connectivity index (χ1) is 14.5. The highest BCUT2D eigenvalue weighted by Crippen LogP contribution is 2.27. The number of piperidine rings is 1. The van der Waals surface area contributed by atoms with Gasteiger partial charge in [-0.15, -0.1) is 0 Å². The van der Waals surface area contributed by atoms with E-state index in [0.717, 1.165) is 24.9 Å². The smallest absolute Gasteiger partial charge is 0.254 e. The van der Waals surface area contributed by atoms with E-state index in [9.17, 15) is 13.2 Å². The number of anilines is 1. The lowest BCUT2D eigenvalue weighted by Crippen LogP contribution is -2.48. The van der Waals surface area contributed by atoms with Crippen molar-refractivity contribution in [3.8, 4) is 0 Å². The molecule has 2 aliphatic rings. The molecule has 2 aromatic carbocycles. The molecule has 0 saturated carbocycles. The van der Waals surface area contributed by atoms with Crippen LogP contribution in [0, 0.1) is 0 Å². The Labute approximate surface area is 183 Å². The summed E-state index contributed by atoms with van der Waals surface area (Å²) >= 11 is 6.29. The molecular formula is C22H26ClN3O3S. The van der Waals surface area contributed by atoms with Gasteiger partial charge in [0.05, 0.1) is 15.6 Å². The van der Waals surface area contributed by atoms with E-state index in [1.807, 2.05) is 24.3 Å². The summed E-state index contributed by atoms with van der Waals surface area (Å²) in [6.45, 7) is 3.58. The van der Waals surface area contributed by atoms with Gasteiger partial charge in [-0.3, -0.25) is 4.79 Å². The molecule has 0 spiro atoms. The molecule has 160 valence electrons. The summed E-state index contributed by atoms with van der Waals surface area (Å²) in [7, 11) is -3.56. The predicted octanol–water partition coefficient (Wildman–Crippen LogP) is 3.48. The third-order valence-electron chi connectivity index (χ3n) is 5.79. The number of para-hydroxylation sites is 1. The summed E-state index contributed by atoms with van der Waals surface area (Å²) in [6, 6.07) is 14.1. The zero-order valence-electron chi connectivity index (χ0n) is 16.8. The van der Waals surface area contributed by atoms with Crippen molar-refractivity contribution in [2.45, 2.75) is 24.2 Å². The van der Waals surface area contributed by atoms with Crippen LogP contribution in [0.15, 0.2) is 53.4 Å². The van der Waals surface area contributed by atoms with Crippen molar-refractivity contribution < 1.29 is 13.2 Å². The van der Waals surface area contributed by atoms with Crippen LogP contribution in [0.5, 0.6) is 0 Å². The predicted molar refractivity (Wildman–Crippen MR) is 119 cm³/mol. The number of nitrogens with zero attached hydrogens (tertiary/aromatic N) is 3. The van der Waals surface area contributed by atoms with Gasteiger partial charge in [-0.25, -0.2) is 8.42 Å². The van der Waals surface area contributed by atoms with Crippen LogP contribution in [0.2, 0.25) is 5.02 Å². The normalized spacial score (nSPS) is 18.4. The number of rotatable bonds is 4. The molecule has 30 heavy (non-hydrogen) atoms. The number of amides is 1. The highest BCUT2D eigenvalue weighted by Gasteiger charge is 2.28. The van der Waals surface area contributed by atoms with Crippen molar-refractivity contribution in [1.29, 1.82) is 0 Å². The van der Waals surface area contributed by atoms with Gasteiger partial charge >= 0.3 is 0 Å². The Balaban J connectivity index is 1.46. The zero-order chi connectivity index (χ0) is 21.1. The van der Waals surface area contributed by atoms with Gasteiger partial charge in [0.15, 0.2) is 0 Å². The number of carbonyl (C=O) groups excluding carboxylic acids is 1. The van der Waals surface area contributed by atoms with Crippen LogP contribution in [0.3, 0.4) is 0 Å². The summed E-state index contributed by atoms with van der Waals surface area (Å²) < 4.78 is 27.4. The summed E-state index contributed by atoms with van der Waals surface area (Å²) in [5, 5.41) is 0.702. The van der Waals surface area contributed by atoms with Gasteiger partial charge in [-0.2, -0.15) is 4.31 Å². The number of halogens is 1. The van der Waals surface area contributed by atoms with Crippen LogP contribution in [0.25, 0.3) is 0 Å². The van der Waals surface area contributed by atoms with E-state index >= 15 is 0 Å². The minimum atomic E-state index is -3.56. The van der Waals surface area contributed by atoms with E-state index in [1.54, 1.807) is 23.1 Å². The number of benzene rings is 2. The second-order valence-corrected chi connectivity index (χ2v) is 10.1. The molecule has 0 aliphatic carbocycles. The van der Waals surface area contributed by atoms with Crippen molar-refractivity contribution in [1.82, 2.24) is 9.21 Å². The molecule has 0 atom stereocenters. The van der Waals surface area contributed by atoms with Crippen molar-refractivity contribution in [3.63, 3.8) is 0 Å². The summed E-state index contributed by atoms with van der Waals surface area (Å²) in [5.74, 6) is -0.135. The molecule has 1 amide bonds. The first-order valence-corrected chi connectivity index (χ1v) is 12.2. The van der Waals surface area contributed by atoms with Crippen molar-refractivity contribution in [2.24, 2.45) is 0 Å². The van der Waals surface area contributed by atoms with Crippen LogP contribution in [-0.4, -0.2) is 62.8 Å². The van der Waals surface area contributed by atoms with Gasteiger partial charge in [0.25, 0.3) is 5.91 Å². The molecule has 0 aromatic heterocycles. The lowest BCUT2D eigenvalue weighted by molar-refractivity contribution is 0.0746. The summed E-state index contributed by atoms with van der Waals surface area (Å²) in [6.07, 6.45) is 2.83. The second-order valence-electron chi connectivity index (χ2n) is 7.72. The molecule has 0 bridgehead atoms. The monoisotopic (exact) mass is 447 g/mol. The van der Waals surface area contributed by atoms with Crippen molar-refractivity contribution in [3.05, 3.63) is 59.1 Å².